The molecule has 0 aliphatic carbocycles. The lowest BCUT2D eigenvalue weighted by Crippen LogP contribution is -2.18. The fourth-order valence-corrected chi connectivity index (χ4v) is 2.87. The highest BCUT2D eigenvalue weighted by Gasteiger charge is 2.23. The number of halogens is 1. The topological polar surface area (TPSA) is 47.0 Å². The molecule has 0 saturated carbocycles. The maximum absolute atomic E-state index is 5.86. The molecule has 0 saturated heterocycles. The number of nitrogens with one attached hydrogen (secondary N) is 1. The zero-order valence-corrected chi connectivity index (χ0v) is 15.6. The average Bonchev–Trinajstić information content (AvgIpc) is 2.43. The molecule has 120 valence electrons. The Balaban J connectivity index is 3.27. The lowest BCUT2D eigenvalue weighted by molar-refractivity contribution is 0.0231. The van der Waals surface area contributed by atoms with Crippen molar-refractivity contribution in [2.75, 3.05) is 18.5 Å². The molecule has 21 heavy (non-hydrogen) atoms. The van der Waals surface area contributed by atoms with Gasteiger partial charge in [0.05, 0.1) is 10.2 Å². The largest absolute Gasteiger partial charge is 0.370 e. The first-order chi connectivity index (χ1) is 9.92. The van der Waals surface area contributed by atoms with E-state index in [0.29, 0.717) is 18.4 Å². The van der Waals surface area contributed by atoms with Gasteiger partial charge < -0.3 is 10.1 Å². The standard InChI is InChI=1S/C16H28BrN3O/c1-7-9-18-15-12(17)13(10(3)4)19-16(20-15)14(11(5)6)21-8-2/h10-11,14H,7-9H2,1-6H3,(H,18,19,20). The molecule has 1 unspecified atom stereocenters. The number of hydrogen-bond acceptors (Lipinski definition) is 4. The van der Waals surface area contributed by atoms with Gasteiger partial charge in [0.25, 0.3) is 0 Å². The van der Waals surface area contributed by atoms with Gasteiger partial charge >= 0.3 is 0 Å². The molecule has 0 bridgehead atoms. The van der Waals surface area contributed by atoms with Crippen molar-refractivity contribution in [3.8, 4) is 0 Å². The van der Waals surface area contributed by atoms with Crippen LogP contribution in [0.4, 0.5) is 5.82 Å². The Morgan fingerprint density at radius 1 is 1.14 bits per heavy atom. The van der Waals surface area contributed by atoms with Gasteiger partial charge in [0.2, 0.25) is 0 Å². The first kappa shape index (κ1) is 18.4. The van der Waals surface area contributed by atoms with Crippen LogP contribution in [0.1, 0.15) is 71.5 Å². The number of hydrogen-bond donors (Lipinski definition) is 1. The SMILES string of the molecule is CCCNc1nc(C(OCC)C(C)C)nc(C(C)C)c1Br. The van der Waals surface area contributed by atoms with Crippen LogP contribution in [0.15, 0.2) is 4.47 Å². The summed E-state index contributed by atoms with van der Waals surface area (Å²) in [6, 6.07) is 0. The summed E-state index contributed by atoms with van der Waals surface area (Å²) in [7, 11) is 0. The molecule has 5 heteroatoms. The van der Waals surface area contributed by atoms with E-state index in [9.17, 15) is 0 Å². The fraction of sp³-hybridized carbons (Fsp3) is 0.750. The number of rotatable bonds is 8. The second kappa shape index (κ2) is 8.69. The summed E-state index contributed by atoms with van der Waals surface area (Å²) < 4.78 is 6.82. The normalized spacial score (nSPS) is 13.0. The fourth-order valence-electron chi connectivity index (χ4n) is 2.10. The molecule has 1 rings (SSSR count). The van der Waals surface area contributed by atoms with Crippen molar-refractivity contribution in [2.45, 2.75) is 60.0 Å². The third-order valence-electron chi connectivity index (χ3n) is 3.19. The molecule has 0 radical (unpaired) electrons. The predicted octanol–water partition coefficient (Wildman–Crippen LogP) is 4.92. The van der Waals surface area contributed by atoms with Gasteiger partial charge in [0, 0.05) is 13.2 Å². The Bertz CT molecular complexity index is 449. The minimum absolute atomic E-state index is 0.0669. The second-order valence-electron chi connectivity index (χ2n) is 5.83. The van der Waals surface area contributed by atoms with E-state index < -0.39 is 0 Å². The third-order valence-corrected chi connectivity index (χ3v) is 3.97. The van der Waals surface area contributed by atoms with E-state index >= 15 is 0 Å². The van der Waals surface area contributed by atoms with Crippen molar-refractivity contribution >= 4 is 21.7 Å². The van der Waals surface area contributed by atoms with Crippen molar-refractivity contribution in [3.63, 3.8) is 0 Å². The van der Waals surface area contributed by atoms with E-state index in [1.54, 1.807) is 0 Å². The van der Waals surface area contributed by atoms with E-state index in [1.807, 2.05) is 6.92 Å². The van der Waals surface area contributed by atoms with Crippen LogP contribution < -0.4 is 5.32 Å². The van der Waals surface area contributed by atoms with Gasteiger partial charge in [-0.2, -0.15) is 0 Å². The highest BCUT2D eigenvalue weighted by molar-refractivity contribution is 9.10. The number of nitrogens with zero attached hydrogens (tertiary/aromatic N) is 2. The molecular weight excluding hydrogens is 330 g/mol. The Kier molecular flexibility index (Phi) is 7.60. The zero-order valence-electron chi connectivity index (χ0n) is 14.0. The highest BCUT2D eigenvalue weighted by Crippen LogP contribution is 2.32. The van der Waals surface area contributed by atoms with Crippen LogP contribution in [0.25, 0.3) is 0 Å². The van der Waals surface area contributed by atoms with E-state index in [0.717, 1.165) is 34.8 Å². The quantitative estimate of drug-likeness (QED) is 0.717. The predicted molar refractivity (Wildman–Crippen MR) is 91.8 cm³/mol. The van der Waals surface area contributed by atoms with Gasteiger partial charge in [-0.1, -0.05) is 34.6 Å². The van der Waals surface area contributed by atoms with Crippen molar-refractivity contribution in [1.82, 2.24) is 9.97 Å². The summed E-state index contributed by atoms with van der Waals surface area (Å²) in [5.41, 5.74) is 1.03. The van der Waals surface area contributed by atoms with Crippen LogP contribution in [0.2, 0.25) is 0 Å². The zero-order chi connectivity index (χ0) is 16.0. The first-order valence-corrected chi connectivity index (χ1v) is 8.64. The molecule has 4 nitrogen and oxygen atoms in total. The molecule has 1 N–H and O–H groups in total. The molecule has 1 aromatic rings. The summed E-state index contributed by atoms with van der Waals surface area (Å²) in [6.07, 6.45) is 0.991. The number of aromatic nitrogens is 2. The monoisotopic (exact) mass is 357 g/mol. The molecule has 0 amide bonds. The van der Waals surface area contributed by atoms with Crippen LogP contribution in [-0.4, -0.2) is 23.1 Å². The summed E-state index contributed by atoms with van der Waals surface area (Å²) in [5, 5.41) is 3.38. The molecule has 1 aromatic heterocycles. The average molecular weight is 358 g/mol. The molecule has 0 fully saturated rings. The molecule has 0 aliphatic rings. The first-order valence-electron chi connectivity index (χ1n) is 7.85. The van der Waals surface area contributed by atoms with Crippen molar-refractivity contribution in [3.05, 3.63) is 16.0 Å². The van der Waals surface area contributed by atoms with Gasteiger partial charge in [-0.15, -0.1) is 0 Å². The smallest absolute Gasteiger partial charge is 0.160 e. The molecule has 0 aromatic carbocycles. The van der Waals surface area contributed by atoms with E-state index in [1.165, 1.54) is 0 Å². The van der Waals surface area contributed by atoms with E-state index in [4.69, 9.17) is 14.7 Å². The maximum atomic E-state index is 5.86. The summed E-state index contributed by atoms with van der Waals surface area (Å²) in [6.45, 7) is 14.3. The molecule has 0 aliphatic heterocycles. The van der Waals surface area contributed by atoms with Gasteiger partial charge in [-0.3, -0.25) is 0 Å². The van der Waals surface area contributed by atoms with Crippen molar-refractivity contribution in [1.29, 1.82) is 0 Å². The Morgan fingerprint density at radius 2 is 1.81 bits per heavy atom. The van der Waals surface area contributed by atoms with Crippen LogP contribution in [-0.2, 0) is 4.74 Å². The second-order valence-corrected chi connectivity index (χ2v) is 6.62. The molecular formula is C16H28BrN3O. The lowest BCUT2D eigenvalue weighted by Gasteiger charge is -2.22. The Hall–Kier alpha value is -0.680. The van der Waals surface area contributed by atoms with Gasteiger partial charge in [-0.05, 0) is 41.1 Å². The lowest BCUT2D eigenvalue weighted by atomic mass is 10.1. The van der Waals surface area contributed by atoms with Crippen LogP contribution in [0, 0.1) is 5.92 Å². The van der Waals surface area contributed by atoms with E-state index in [-0.39, 0.29) is 6.10 Å². The van der Waals surface area contributed by atoms with E-state index in [2.05, 4.69) is 55.9 Å². The molecule has 0 spiro atoms. The molecule has 1 heterocycles. The maximum Gasteiger partial charge on any atom is 0.160 e. The van der Waals surface area contributed by atoms with Crippen molar-refractivity contribution < 1.29 is 4.74 Å². The van der Waals surface area contributed by atoms with Crippen LogP contribution >= 0.6 is 15.9 Å². The van der Waals surface area contributed by atoms with Crippen molar-refractivity contribution in [2.24, 2.45) is 5.92 Å². The van der Waals surface area contributed by atoms with Gasteiger partial charge in [0.1, 0.15) is 11.9 Å². The Morgan fingerprint density at radius 3 is 2.29 bits per heavy atom. The van der Waals surface area contributed by atoms with Crippen LogP contribution in [0.3, 0.4) is 0 Å². The summed E-state index contributed by atoms with van der Waals surface area (Å²) >= 11 is 3.64. The van der Waals surface area contributed by atoms with Gasteiger partial charge in [-0.25, -0.2) is 9.97 Å². The number of ether oxygens (including phenoxy) is 1. The third kappa shape index (κ3) is 4.92. The minimum atomic E-state index is -0.0669. The highest BCUT2D eigenvalue weighted by atomic mass is 79.9. The Labute approximate surface area is 137 Å². The van der Waals surface area contributed by atoms with Gasteiger partial charge in [0.15, 0.2) is 5.82 Å². The summed E-state index contributed by atoms with van der Waals surface area (Å²) in [5.74, 6) is 2.32. The van der Waals surface area contributed by atoms with Crippen LogP contribution in [0.5, 0.6) is 0 Å². The molecule has 1 atom stereocenters. The number of anilines is 1. The minimum Gasteiger partial charge on any atom is -0.370 e. The summed E-state index contributed by atoms with van der Waals surface area (Å²) in [4.78, 5) is 9.46.